The molecule has 1 amide bonds. The quantitative estimate of drug-likeness (QED) is 0.519. The molecule has 0 spiro atoms. The van der Waals surface area contributed by atoms with Crippen LogP contribution in [0.1, 0.15) is 23.0 Å². The van der Waals surface area contributed by atoms with Crippen LogP contribution in [-0.2, 0) is 17.6 Å². The van der Waals surface area contributed by atoms with Gasteiger partial charge in [-0.1, -0.05) is 60.7 Å². The molecule has 0 fully saturated rings. The lowest BCUT2D eigenvalue weighted by atomic mass is 10.0. The normalized spacial score (nSPS) is 12.8. The second-order valence-electron chi connectivity index (χ2n) is 7.29. The lowest BCUT2D eigenvalue weighted by Gasteiger charge is -2.21. The van der Waals surface area contributed by atoms with Gasteiger partial charge in [0.15, 0.2) is 5.82 Å². The Kier molecular flexibility index (Phi) is 6.92. The number of aromatic nitrogens is 3. The highest BCUT2D eigenvalue weighted by Gasteiger charge is 2.23. The van der Waals surface area contributed by atoms with Crippen molar-refractivity contribution in [3.05, 3.63) is 77.6 Å². The number of anilines is 2. The first kappa shape index (κ1) is 21.2. The summed E-state index contributed by atoms with van der Waals surface area (Å²) in [4.78, 5) is 27.5. The fourth-order valence-corrected chi connectivity index (χ4v) is 3.05. The summed E-state index contributed by atoms with van der Waals surface area (Å²) >= 11 is 0. The first-order valence-electron chi connectivity index (χ1n) is 9.75. The Morgan fingerprint density at radius 3 is 2.07 bits per heavy atom. The van der Waals surface area contributed by atoms with E-state index < -0.39 is 12.1 Å². The Labute approximate surface area is 176 Å². The number of nitrogen functional groups attached to an aromatic ring is 1. The number of nitrogens with two attached hydrogens (primary N) is 2. The molecule has 3 rings (SSSR count). The highest BCUT2D eigenvalue weighted by molar-refractivity contribution is 5.82. The zero-order chi connectivity index (χ0) is 21.5. The maximum Gasteiger partial charge on any atom is 0.237 e. The highest BCUT2D eigenvalue weighted by atomic mass is 16.2. The van der Waals surface area contributed by atoms with E-state index >= 15 is 0 Å². The number of rotatable bonds is 8. The predicted octanol–water partition coefficient (Wildman–Crippen LogP) is 1.49. The minimum absolute atomic E-state index is 0.101. The Hall–Kier alpha value is -3.52. The summed E-state index contributed by atoms with van der Waals surface area (Å²) in [6.45, 7) is 0. The third-order valence-corrected chi connectivity index (χ3v) is 4.60. The number of hydrogen-bond donors (Lipinski definition) is 3. The van der Waals surface area contributed by atoms with Gasteiger partial charge in [0.25, 0.3) is 0 Å². The van der Waals surface area contributed by atoms with Crippen LogP contribution in [0.3, 0.4) is 0 Å². The molecule has 2 atom stereocenters. The Morgan fingerprint density at radius 2 is 1.50 bits per heavy atom. The van der Waals surface area contributed by atoms with Gasteiger partial charge in [0, 0.05) is 14.1 Å². The zero-order valence-corrected chi connectivity index (χ0v) is 17.2. The molecule has 30 heavy (non-hydrogen) atoms. The Balaban J connectivity index is 1.83. The van der Waals surface area contributed by atoms with Gasteiger partial charge in [-0.25, -0.2) is 0 Å². The minimum Gasteiger partial charge on any atom is -0.368 e. The molecule has 0 radical (unpaired) electrons. The summed E-state index contributed by atoms with van der Waals surface area (Å²) < 4.78 is 0. The SMILES string of the molecule is CN(C)c1nc(N)nc(C(Cc2ccccc2)NC(=O)C(N)Cc2ccccc2)n1. The van der Waals surface area contributed by atoms with Crippen molar-refractivity contribution < 1.29 is 4.79 Å². The predicted molar refractivity (Wildman–Crippen MR) is 118 cm³/mol. The summed E-state index contributed by atoms with van der Waals surface area (Å²) in [6.07, 6.45) is 0.938. The molecule has 2 unspecified atom stereocenters. The van der Waals surface area contributed by atoms with E-state index in [2.05, 4.69) is 20.3 Å². The molecule has 3 aromatic rings. The molecule has 0 saturated carbocycles. The second kappa shape index (κ2) is 9.80. The fraction of sp³-hybridized carbons (Fsp3) is 0.273. The Bertz CT molecular complexity index is 964. The fourth-order valence-electron chi connectivity index (χ4n) is 3.05. The van der Waals surface area contributed by atoms with Crippen molar-refractivity contribution in [2.45, 2.75) is 24.9 Å². The van der Waals surface area contributed by atoms with Crippen molar-refractivity contribution in [3.63, 3.8) is 0 Å². The topological polar surface area (TPSA) is 123 Å². The van der Waals surface area contributed by atoms with Crippen molar-refractivity contribution in [1.29, 1.82) is 0 Å². The van der Waals surface area contributed by atoms with E-state index in [1.807, 2.05) is 74.8 Å². The van der Waals surface area contributed by atoms with Crippen molar-refractivity contribution in [3.8, 4) is 0 Å². The van der Waals surface area contributed by atoms with Crippen LogP contribution in [0.5, 0.6) is 0 Å². The van der Waals surface area contributed by atoms with Gasteiger partial charge in [0.2, 0.25) is 17.8 Å². The molecule has 156 valence electrons. The van der Waals surface area contributed by atoms with Gasteiger partial charge in [-0.2, -0.15) is 15.0 Å². The average molecular weight is 406 g/mol. The van der Waals surface area contributed by atoms with Crippen LogP contribution >= 0.6 is 0 Å². The molecule has 0 saturated heterocycles. The Morgan fingerprint density at radius 1 is 0.933 bits per heavy atom. The van der Waals surface area contributed by atoms with Gasteiger partial charge in [0.05, 0.1) is 12.1 Å². The number of carbonyl (C=O) groups is 1. The van der Waals surface area contributed by atoms with E-state index in [0.717, 1.165) is 11.1 Å². The van der Waals surface area contributed by atoms with Crippen LogP contribution in [0.2, 0.25) is 0 Å². The van der Waals surface area contributed by atoms with Crippen LogP contribution in [0, 0.1) is 0 Å². The lowest BCUT2D eigenvalue weighted by molar-refractivity contribution is -0.123. The molecule has 0 aliphatic carbocycles. The minimum atomic E-state index is -0.696. The van der Waals surface area contributed by atoms with Crippen molar-refractivity contribution >= 4 is 17.8 Å². The molecule has 8 heteroatoms. The highest BCUT2D eigenvalue weighted by Crippen LogP contribution is 2.18. The third-order valence-electron chi connectivity index (χ3n) is 4.60. The van der Waals surface area contributed by atoms with Crippen LogP contribution in [-0.4, -0.2) is 41.0 Å². The van der Waals surface area contributed by atoms with Gasteiger partial charge in [-0.3, -0.25) is 4.79 Å². The van der Waals surface area contributed by atoms with Crippen LogP contribution < -0.4 is 21.7 Å². The molecule has 0 bridgehead atoms. The summed E-state index contributed by atoms with van der Waals surface area (Å²) in [5.41, 5.74) is 14.1. The van der Waals surface area contributed by atoms with Gasteiger partial charge < -0.3 is 21.7 Å². The lowest BCUT2D eigenvalue weighted by Crippen LogP contribution is -2.44. The number of hydrogen-bond acceptors (Lipinski definition) is 7. The van der Waals surface area contributed by atoms with Gasteiger partial charge in [0.1, 0.15) is 0 Å². The molecule has 8 nitrogen and oxygen atoms in total. The molecule has 0 aliphatic heterocycles. The van der Waals surface area contributed by atoms with Crippen LogP contribution in [0.4, 0.5) is 11.9 Å². The average Bonchev–Trinajstić information content (AvgIpc) is 2.74. The van der Waals surface area contributed by atoms with Crippen LogP contribution in [0.15, 0.2) is 60.7 Å². The summed E-state index contributed by atoms with van der Waals surface area (Å²) in [5, 5.41) is 3.00. The van der Waals surface area contributed by atoms with E-state index in [0.29, 0.717) is 24.6 Å². The van der Waals surface area contributed by atoms with Crippen molar-refractivity contribution in [1.82, 2.24) is 20.3 Å². The summed E-state index contributed by atoms with van der Waals surface area (Å²) in [5.74, 6) is 0.656. The molecule has 1 heterocycles. The maximum atomic E-state index is 12.9. The number of amides is 1. The van der Waals surface area contributed by atoms with E-state index in [1.165, 1.54) is 0 Å². The zero-order valence-electron chi connectivity index (χ0n) is 17.2. The third kappa shape index (κ3) is 5.74. The first-order valence-corrected chi connectivity index (χ1v) is 9.75. The van der Waals surface area contributed by atoms with E-state index in [-0.39, 0.29) is 11.9 Å². The molecular formula is C22H27N7O. The molecule has 1 aromatic heterocycles. The van der Waals surface area contributed by atoms with Crippen molar-refractivity contribution in [2.24, 2.45) is 5.73 Å². The number of carbonyl (C=O) groups excluding carboxylic acids is 1. The molecular weight excluding hydrogens is 378 g/mol. The summed E-state index contributed by atoms with van der Waals surface area (Å²) in [6, 6.07) is 18.3. The standard InChI is InChI=1S/C22H27N7O/c1-29(2)22-27-19(26-21(24)28-22)18(14-16-11-7-4-8-12-16)25-20(30)17(23)13-15-9-5-3-6-10-15/h3-12,17-18H,13-14,23H2,1-2H3,(H,25,30)(H2,24,26,27,28). The number of nitrogens with zero attached hydrogens (tertiary/aromatic N) is 4. The largest absolute Gasteiger partial charge is 0.368 e. The first-order chi connectivity index (χ1) is 14.4. The monoisotopic (exact) mass is 405 g/mol. The summed E-state index contributed by atoms with van der Waals surface area (Å²) in [7, 11) is 3.64. The van der Waals surface area contributed by atoms with Crippen molar-refractivity contribution in [2.75, 3.05) is 24.7 Å². The van der Waals surface area contributed by atoms with Gasteiger partial charge >= 0.3 is 0 Å². The maximum absolute atomic E-state index is 12.9. The number of benzene rings is 2. The molecule has 2 aromatic carbocycles. The number of nitrogens with one attached hydrogen (secondary N) is 1. The van der Waals surface area contributed by atoms with E-state index in [9.17, 15) is 4.79 Å². The molecule has 0 aliphatic rings. The molecule has 5 N–H and O–H groups in total. The van der Waals surface area contributed by atoms with Gasteiger partial charge in [-0.15, -0.1) is 0 Å². The van der Waals surface area contributed by atoms with E-state index in [4.69, 9.17) is 11.5 Å². The smallest absolute Gasteiger partial charge is 0.237 e. The second-order valence-corrected chi connectivity index (χ2v) is 7.29. The van der Waals surface area contributed by atoms with Gasteiger partial charge in [-0.05, 0) is 24.0 Å². The van der Waals surface area contributed by atoms with Crippen LogP contribution in [0.25, 0.3) is 0 Å². The van der Waals surface area contributed by atoms with E-state index in [1.54, 1.807) is 4.90 Å².